The number of hydrogen-bond donors (Lipinski definition) is 2. The van der Waals surface area contributed by atoms with Crippen LogP contribution in [-0.2, 0) is 11.3 Å². The van der Waals surface area contributed by atoms with Crippen molar-refractivity contribution in [3.8, 4) is 0 Å². The first-order chi connectivity index (χ1) is 10.7. The van der Waals surface area contributed by atoms with E-state index in [0.29, 0.717) is 12.5 Å². The highest BCUT2D eigenvalue weighted by molar-refractivity contribution is 7.09. The number of ether oxygens (including phenoxy) is 1. The molecule has 1 aromatic rings. The molecule has 0 aliphatic heterocycles. The molecule has 0 radical (unpaired) electrons. The third-order valence-corrected chi connectivity index (χ3v) is 4.06. The van der Waals surface area contributed by atoms with Gasteiger partial charge in [-0.3, -0.25) is 4.99 Å². The fraction of sp³-hybridized carbons (Fsp3) is 0.750. The van der Waals surface area contributed by atoms with Crippen molar-refractivity contribution < 1.29 is 4.74 Å². The van der Waals surface area contributed by atoms with Crippen LogP contribution in [-0.4, -0.2) is 37.7 Å². The Hall–Kier alpha value is -1.14. The lowest BCUT2D eigenvalue weighted by molar-refractivity contribution is 0.129. The van der Waals surface area contributed by atoms with Crippen molar-refractivity contribution in [1.82, 2.24) is 15.6 Å². The van der Waals surface area contributed by atoms with E-state index >= 15 is 0 Å². The molecule has 0 aromatic carbocycles. The minimum atomic E-state index is 0.482. The van der Waals surface area contributed by atoms with Gasteiger partial charge in [0.15, 0.2) is 5.96 Å². The molecule has 1 aromatic heterocycles. The van der Waals surface area contributed by atoms with Crippen LogP contribution in [0.25, 0.3) is 0 Å². The molecule has 0 aliphatic carbocycles. The first kappa shape index (κ1) is 18.9. The number of thiazole rings is 1. The largest absolute Gasteiger partial charge is 0.381 e. The van der Waals surface area contributed by atoms with Gasteiger partial charge in [0.2, 0.25) is 0 Å². The van der Waals surface area contributed by atoms with Crippen LogP contribution in [0.2, 0.25) is 0 Å². The van der Waals surface area contributed by atoms with Gasteiger partial charge in [0.1, 0.15) is 5.01 Å². The molecule has 0 spiro atoms. The van der Waals surface area contributed by atoms with Gasteiger partial charge in [0.25, 0.3) is 0 Å². The van der Waals surface area contributed by atoms with E-state index in [2.05, 4.69) is 46.8 Å². The highest BCUT2D eigenvalue weighted by atomic mass is 32.1. The number of nitrogens with zero attached hydrogens (tertiary/aromatic N) is 2. The van der Waals surface area contributed by atoms with Gasteiger partial charge in [-0.1, -0.05) is 27.2 Å². The minimum Gasteiger partial charge on any atom is -0.381 e. The van der Waals surface area contributed by atoms with E-state index in [1.165, 1.54) is 6.42 Å². The Morgan fingerprint density at radius 1 is 1.32 bits per heavy atom. The zero-order valence-corrected chi connectivity index (χ0v) is 15.1. The highest BCUT2D eigenvalue weighted by Gasteiger charge is 2.06. The molecule has 0 saturated heterocycles. The Labute approximate surface area is 138 Å². The summed E-state index contributed by atoms with van der Waals surface area (Å²) in [6.45, 7) is 9.74. The molecule has 0 saturated carbocycles. The van der Waals surface area contributed by atoms with Crippen LogP contribution < -0.4 is 10.6 Å². The summed E-state index contributed by atoms with van der Waals surface area (Å²) in [5, 5.41) is 9.81. The predicted octanol–water partition coefficient (Wildman–Crippen LogP) is 3.14. The summed E-state index contributed by atoms with van der Waals surface area (Å²) in [6, 6.07) is 0. The molecule has 22 heavy (non-hydrogen) atoms. The van der Waals surface area contributed by atoms with Gasteiger partial charge in [-0.05, 0) is 18.8 Å². The van der Waals surface area contributed by atoms with Crippen molar-refractivity contribution in [2.45, 2.75) is 52.5 Å². The maximum Gasteiger partial charge on any atom is 0.191 e. The molecule has 0 fully saturated rings. The number of guanidine groups is 1. The fourth-order valence-corrected chi connectivity index (χ4v) is 2.68. The Bertz CT molecular complexity index is 432. The Kier molecular flexibility index (Phi) is 9.82. The van der Waals surface area contributed by atoms with Crippen molar-refractivity contribution >= 4 is 17.3 Å². The predicted molar refractivity (Wildman–Crippen MR) is 94.7 cm³/mol. The number of nitrogens with one attached hydrogen (secondary N) is 2. The zero-order valence-electron chi connectivity index (χ0n) is 14.3. The lowest BCUT2D eigenvalue weighted by Gasteiger charge is -2.11. The molecule has 1 rings (SSSR count). The standard InChI is InChI=1S/C16H30N4OS/c1-5-6-9-21-10-7-8-18-16(17-4)19-11-15-20-14(12-22-15)13(2)3/h12-13H,5-11H2,1-4H3,(H2,17,18,19). The normalized spacial score (nSPS) is 12.0. The fourth-order valence-electron chi connectivity index (χ4n) is 1.78. The quantitative estimate of drug-likeness (QED) is 0.394. The SMILES string of the molecule is CCCCOCCCNC(=NC)NCc1nc(C(C)C)cs1. The summed E-state index contributed by atoms with van der Waals surface area (Å²) in [5.41, 5.74) is 1.16. The monoisotopic (exact) mass is 326 g/mol. The van der Waals surface area contributed by atoms with Crippen LogP contribution in [0.5, 0.6) is 0 Å². The molecule has 2 N–H and O–H groups in total. The molecule has 5 nitrogen and oxygen atoms in total. The molecule has 0 atom stereocenters. The molecule has 126 valence electrons. The third kappa shape index (κ3) is 7.75. The molecule has 0 aliphatic rings. The summed E-state index contributed by atoms with van der Waals surface area (Å²) < 4.78 is 5.54. The number of hydrogen-bond acceptors (Lipinski definition) is 4. The first-order valence-electron chi connectivity index (χ1n) is 8.14. The summed E-state index contributed by atoms with van der Waals surface area (Å²) in [6.07, 6.45) is 3.31. The van der Waals surface area contributed by atoms with Crippen LogP contribution in [0.3, 0.4) is 0 Å². The van der Waals surface area contributed by atoms with Gasteiger partial charge in [-0.2, -0.15) is 0 Å². The van der Waals surface area contributed by atoms with Gasteiger partial charge in [0, 0.05) is 32.2 Å². The Morgan fingerprint density at radius 3 is 2.73 bits per heavy atom. The lowest BCUT2D eigenvalue weighted by atomic mass is 10.2. The van der Waals surface area contributed by atoms with E-state index in [4.69, 9.17) is 4.74 Å². The molecule has 1 heterocycles. The summed E-state index contributed by atoms with van der Waals surface area (Å²) >= 11 is 1.69. The van der Waals surface area contributed by atoms with Gasteiger partial charge in [0.05, 0.1) is 12.2 Å². The van der Waals surface area contributed by atoms with Crippen LogP contribution in [0.4, 0.5) is 0 Å². The number of aromatic nitrogens is 1. The average molecular weight is 327 g/mol. The highest BCUT2D eigenvalue weighted by Crippen LogP contribution is 2.17. The topological polar surface area (TPSA) is 58.5 Å². The van der Waals surface area contributed by atoms with E-state index in [9.17, 15) is 0 Å². The van der Waals surface area contributed by atoms with Crippen LogP contribution in [0.1, 0.15) is 56.7 Å². The number of rotatable bonds is 10. The van der Waals surface area contributed by atoms with Gasteiger partial charge in [-0.15, -0.1) is 11.3 Å². The Morgan fingerprint density at radius 2 is 2.09 bits per heavy atom. The van der Waals surface area contributed by atoms with Crippen LogP contribution >= 0.6 is 11.3 Å². The minimum absolute atomic E-state index is 0.482. The number of aliphatic imine (C=N–C) groups is 1. The van der Waals surface area contributed by atoms with E-state index < -0.39 is 0 Å². The maximum absolute atomic E-state index is 5.54. The molecule has 6 heteroatoms. The molecule has 0 bridgehead atoms. The van der Waals surface area contributed by atoms with Crippen molar-refractivity contribution in [3.05, 3.63) is 16.1 Å². The van der Waals surface area contributed by atoms with Crippen molar-refractivity contribution in [2.24, 2.45) is 4.99 Å². The molecule has 0 unspecified atom stereocenters. The van der Waals surface area contributed by atoms with Crippen LogP contribution in [0.15, 0.2) is 10.4 Å². The van der Waals surface area contributed by atoms with E-state index in [-0.39, 0.29) is 0 Å². The van der Waals surface area contributed by atoms with E-state index in [1.54, 1.807) is 18.4 Å². The third-order valence-electron chi connectivity index (χ3n) is 3.19. The summed E-state index contributed by atoms with van der Waals surface area (Å²) in [5.74, 6) is 1.30. The first-order valence-corrected chi connectivity index (χ1v) is 9.01. The van der Waals surface area contributed by atoms with Crippen molar-refractivity contribution in [3.63, 3.8) is 0 Å². The maximum atomic E-state index is 5.54. The van der Waals surface area contributed by atoms with Crippen molar-refractivity contribution in [2.75, 3.05) is 26.8 Å². The smallest absolute Gasteiger partial charge is 0.191 e. The van der Waals surface area contributed by atoms with Gasteiger partial charge >= 0.3 is 0 Å². The second kappa shape index (κ2) is 11.4. The van der Waals surface area contributed by atoms with Crippen molar-refractivity contribution in [1.29, 1.82) is 0 Å². The number of unbranched alkanes of at least 4 members (excludes halogenated alkanes) is 1. The molecular weight excluding hydrogens is 296 g/mol. The zero-order chi connectivity index (χ0) is 16.2. The van der Waals surface area contributed by atoms with Crippen LogP contribution in [0, 0.1) is 0 Å². The second-order valence-electron chi connectivity index (χ2n) is 5.49. The van der Waals surface area contributed by atoms with E-state index in [0.717, 1.165) is 49.3 Å². The lowest BCUT2D eigenvalue weighted by Crippen LogP contribution is -2.37. The van der Waals surface area contributed by atoms with E-state index in [1.807, 2.05) is 0 Å². The summed E-state index contributed by atoms with van der Waals surface area (Å²) in [4.78, 5) is 8.83. The Balaban J connectivity index is 2.16. The average Bonchev–Trinajstić information content (AvgIpc) is 2.98. The molecule has 0 amide bonds. The van der Waals surface area contributed by atoms with Gasteiger partial charge in [-0.25, -0.2) is 4.98 Å². The molecular formula is C16H30N4OS. The van der Waals surface area contributed by atoms with Gasteiger partial charge < -0.3 is 15.4 Å². The summed E-state index contributed by atoms with van der Waals surface area (Å²) in [7, 11) is 1.79. The second-order valence-corrected chi connectivity index (χ2v) is 6.44.